The molecule has 6 nitrogen and oxygen atoms in total. The first-order valence-electron chi connectivity index (χ1n) is 9.24. The third-order valence-electron chi connectivity index (χ3n) is 5.08. The van der Waals surface area contributed by atoms with Gasteiger partial charge in [0.05, 0.1) is 17.9 Å². The van der Waals surface area contributed by atoms with Crippen molar-refractivity contribution >= 4 is 5.91 Å². The second kappa shape index (κ2) is 7.34. The topological polar surface area (TPSA) is 77.7 Å². The molecule has 0 saturated carbocycles. The lowest BCUT2D eigenvalue weighted by Crippen LogP contribution is -2.27. The van der Waals surface area contributed by atoms with Gasteiger partial charge in [-0.1, -0.05) is 18.6 Å². The summed E-state index contributed by atoms with van der Waals surface area (Å²) in [6.07, 6.45) is 5.58. The standard InChI is InChI=1S/C20H22FN5O/c1-26(12-19-14-8-3-2-4-10-16(14)22-25-19)20(27)18-11-17(23-24-18)13-7-5-6-9-15(13)21/h5-7,9,11H,2-4,8,10,12H2,1H3,(H,22,25)(H,23,24). The van der Waals surface area contributed by atoms with Gasteiger partial charge in [0, 0.05) is 18.3 Å². The van der Waals surface area contributed by atoms with Crippen LogP contribution in [0.3, 0.4) is 0 Å². The van der Waals surface area contributed by atoms with Crippen LogP contribution in [-0.4, -0.2) is 38.2 Å². The molecule has 0 spiro atoms. The molecule has 27 heavy (non-hydrogen) atoms. The molecule has 7 heteroatoms. The Bertz CT molecular complexity index is 961. The van der Waals surface area contributed by atoms with E-state index in [4.69, 9.17) is 0 Å². The molecule has 0 aliphatic heterocycles. The lowest BCUT2D eigenvalue weighted by atomic mass is 10.1. The van der Waals surface area contributed by atoms with Gasteiger partial charge >= 0.3 is 0 Å². The predicted molar refractivity (Wildman–Crippen MR) is 99.6 cm³/mol. The first-order chi connectivity index (χ1) is 13.1. The number of hydrogen-bond donors (Lipinski definition) is 2. The Morgan fingerprint density at radius 3 is 2.81 bits per heavy atom. The maximum atomic E-state index is 13.9. The zero-order valence-corrected chi connectivity index (χ0v) is 15.3. The smallest absolute Gasteiger partial charge is 0.271 e. The van der Waals surface area contributed by atoms with E-state index in [0.29, 0.717) is 23.5 Å². The van der Waals surface area contributed by atoms with E-state index in [0.717, 1.165) is 25.0 Å². The fourth-order valence-corrected chi connectivity index (χ4v) is 3.60. The molecular weight excluding hydrogens is 345 g/mol. The number of H-pyrrole nitrogens is 2. The summed E-state index contributed by atoms with van der Waals surface area (Å²) in [7, 11) is 1.74. The largest absolute Gasteiger partial charge is 0.334 e. The highest BCUT2D eigenvalue weighted by molar-refractivity contribution is 5.93. The first kappa shape index (κ1) is 17.5. The van der Waals surface area contributed by atoms with Crippen LogP contribution in [0.4, 0.5) is 4.39 Å². The minimum Gasteiger partial charge on any atom is -0.334 e. The molecule has 1 amide bonds. The van der Waals surface area contributed by atoms with Crippen molar-refractivity contribution in [2.24, 2.45) is 0 Å². The normalized spacial score (nSPS) is 13.9. The van der Waals surface area contributed by atoms with Gasteiger partial charge < -0.3 is 4.90 Å². The molecule has 1 aromatic carbocycles. The Hall–Kier alpha value is -2.96. The van der Waals surface area contributed by atoms with Gasteiger partial charge in [0.2, 0.25) is 0 Å². The van der Waals surface area contributed by atoms with Gasteiger partial charge in [-0.3, -0.25) is 15.0 Å². The van der Waals surface area contributed by atoms with Gasteiger partial charge in [-0.2, -0.15) is 10.2 Å². The van der Waals surface area contributed by atoms with Crippen LogP contribution in [0.2, 0.25) is 0 Å². The van der Waals surface area contributed by atoms with Gasteiger partial charge in [-0.25, -0.2) is 4.39 Å². The predicted octanol–water partition coefficient (Wildman–Crippen LogP) is 3.48. The molecular formula is C20H22FN5O. The van der Waals surface area contributed by atoms with Crippen molar-refractivity contribution in [3.05, 3.63) is 58.8 Å². The van der Waals surface area contributed by atoms with Crippen LogP contribution >= 0.6 is 0 Å². The second-order valence-corrected chi connectivity index (χ2v) is 7.00. The van der Waals surface area contributed by atoms with Gasteiger partial charge in [-0.15, -0.1) is 0 Å². The first-order valence-corrected chi connectivity index (χ1v) is 9.24. The van der Waals surface area contributed by atoms with Gasteiger partial charge in [-0.05, 0) is 49.4 Å². The van der Waals surface area contributed by atoms with E-state index in [-0.39, 0.29) is 11.7 Å². The van der Waals surface area contributed by atoms with Crippen LogP contribution in [0.5, 0.6) is 0 Å². The Kier molecular flexibility index (Phi) is 4.75. The SMILES string of the molecule is CN(Cc1n[nH]c2c1CCCCC2)C(=O)c1cc(-c2ccccc2F)n[nH]1. The minimum atomic E-state index is -0.365. The molecule has 1 aliphatic carbocycles. The maximum Gasteiger partial charge on any atom is 0.271 e. The van der Waals surface area contributed by atoms with E-state index in [1.165, 1.54) is 30.2 Å². The molecule has 0 radical (unpaired) electrons. The number of rotatable bonds is 4. The molecule has 0 fully saturated rings. The summed E-state index contributed by atoms with van der Waals surface area (Å²) in [5.41, 5.74) is 4.50. The number of aromatic amines is 2. The quantitative estimate of drug-likeness (QED) is 0.693. The third kappa shape index (κ3) is 3.49. The van der Waals surface area contributed by atoms with Gasteiger partial charge in [0.25, 0.3) is 5.91 Å². The van der Waals surface area contributed by atoms with Crippen LogP contribution in [-0.2, 0) is 19.4 Å². The zero-order valence-electron chi connectivity index (χ0n) is 15.3. The average Bonchev–Trinajstić information content (AvgIpc) is 3.23. The summed E-state index contributed by atoms with van der Waals surface area (Å²) in [5.74, 6) is -0.564. The van der Waals surface area contributed by atoms with Gasteiger partial charge in [0.1, 0.15) is 11.5 Å². The Morgan fingerprint density at radius 2 is 1.96 bits per heavy atom. The number of nitrogens with one attached hydrogen (secondary N) is 2. The van der Waals surface area contributed by atoms with E-state index < -0.39 is 0 Å². The van der Waals surface area contributed by atoms with Crippen molar-refractivity contribution in [1.82, 2.24) is 25.3 Å². The van der Waals surface area contributed by atoms with Crippen molar-refractivity contribution in [1.29, 1.82) is 0 Å². The highest BCUT2D eigenvalue weighted by Gasteiger charge is 2.21. The summed E-state index contributed by atoms with van der Waals surface area (Å²) >= 11 is 0. The molecule has 0 atom stereocenters. The van der Waals surface area contributed by atoms with Crippen LogP contribution in [0.1, 0.15) is 46.7 Å². The van der Waals surface area contributed by atoms with Crippen LogP contribution in [0.25, 0.3) is 11.3 Å². The number of hydrogen-bond acceptors (Lipinski definition) is 3. The maximum absolute atomic E-state index is 13.9. The Morgan fingerprint density at radius 1 is 1.15 bits per heavy atom. The number of nitrogens with zero attached hydrogens (tertiary/aromatic N) is 3. The molecule has 2 heterocycles. The van der Waals surface area contributed by atoms with E-state index >= 15 is 0 Å². The third-order valence-corrected chi connectivity index (χ3v) is 5.08. The molecule has 4 rings (SSSR count). The number of aryl methyl sites for hydroxylation is 1. The number of benzene rings is 1. The summed E-state index contributed by atoms with van der Waals surface area (Å²) in [6.45, 7) is 0.429. The fourth-order valence-electron chi connectivity index (χ4n) is 3.60. The van der Waals surface area contributed by atoms with E-state index in [1.807, 2.05) is 0 Å². The molecule has 1 aliphatic rings. The Labute approximate surface area is 156 Å². The summed E-state index contributed by atoms with van der Waals surface area (Å²) in [6, 6.07) is 7.97. The molecule has 0 saturated heterocycles. The van der Waals surface area contributed by atoms with E-state index in [9.17, 15) is 9.18 Å². The van der Waals surface area contributed by atoms with Crippen molar-refractivity contribution in [2.75, 3.05) is 7.05 Å². The van der Waals surface area contributed by atoms with Crippen LogP contribution in [0, 0.1) is 5.82 Å². The lowest BCUT2D eigenvalue weighted by Gasteiger charge is -2.15. The summed E-state index contributed by atoms with van der Waals surface area (Å²) in [4.78, 5) is 14.4. The van der Waals surface area contributed by atoms with Gasteiger partial charge in [0.15, 0.2) is 0 Å². The zero-order chi connectivity index (χ0) is 18.8. The fraction of sp³-hybridized carbons (Fsp3) is 0.350. The summed E-state index contributed by atoms with van der Waals surface area (Å²) < 4.78 is 13.9. The van der Waals surface area contributed by atoms with E-state index in [1.54, 1.807) is 36.2 Å². The molecule has 2 aromatic heterocycles. The highest BCUT2D eigenvalue weighted by atomic mass is 19.1. The molecule has 3 aromatic rings. The van der Waals surface area contributed by atoms with E-state index in [2.05, 4.69) is 20.4 Å². The molecule has 0 unspecified atom stereocenters. The Balaban J connectivity index is 1.50. The summed E-state index contributed by atoms with van der Waals surface area (Å²) in [5, 5.41) is 14.4. The van der Waals surface area contributed by atoms with Crippen LogP contribution in [0.15, 0.2) is 30.3 Å². The number of carbonyl (C=O) groups is 1. The number of amides is 1. The van der Waals surface area contributed by atoms with Crippen molar-refractivity contribution < 1.29 is 9.18 Å². The molecule has 2 N–H and O–H groups in total. The minimum absolute atomic E-state index is 0.199. The van der Waals surface area contributed by atoms with Crippen molar-refractivity contribution in [3.8, 4) is 11.3 Å². The second-order valence-electron chi connectivity index (χ2n) is 7.00. The number of carbonyl (C=O) groups excluding carboxylic acids is 1. The number of fused-ring (bicyclic) bond motifs is 1. The highest BCUT2D eigenvalue weighted by Crippen LogP contribution is 2.24. The number of aromatic nitrogens is 4. The molecule has 0 bridgehead atoms. The van der Waals surface area contributed by atoms with Crippen molar-refractivity contribution in [2.45, 2.75) is 38.6 Å². The average molecular weight is 367 g/mol. The van der Waals surface area contributed by atoms with Crippen LogP contribution < -0.4 is 0 Å². The van der Waals surface area contributed by atoms with Crippen molar-refractivity contribution in [3.63, 3.8) is 0 Å². The number of halogens is 1. The molecule has 140 valence electrons. The monoisotopic (exact) mass is 367 g/mol. The lowest BCUT2D eigenvalue weighted by molar-refractivity contribution is 0.0777.